The lowest BCUT2D eigenvalue weighted by Crippen LogP contribution is -2.12. The number of amidine groups is 1. The van der Waals surface area contributed by atoms with Crippen LogP contribution >= 0.6 is 28.7 Å². The summed E-state index contributed by atoms with van der Waals surface area (Å²) in [5, 5.41) is 0.468. The molecule has 0 amide bonds. The summed E-state index contributed by atoms with van der Waals surface area (Å²) in [4.78, 5) is 15.0. The Labute approximate surface area is 105 Å². The molecule has 15 heavy (non-hydrogen) atoms. The van der Waals surface area contributed by atoms with Gasteiger partial charge in [-0.25, -0.2) is 4.79 Å². The zero-order valence-electron chi connectivity index (χ0n) is 9.15. The minimum absolute atomic E-state index is 0. The number of rotatable bonds is 4. The number of ether oxygens (including phenoxy) is 1. The molecule has 0 atom stereocenters. The third-order valence-corrected chi connectivity index (χ3v) is 2.43. The van der Waals surface area contributed by atoms with E-state index in [4.69, 9.17) is 5.73 Å². The molecule has 0 saturated carbocycles. The first kappa shape index (κ1) is 16.9. The quantitative estimate of drug-likeness (QED) is 0.371. The number of nitrogens with zero attached hydrogens (tertiary/aromatic N) is 1. The number of nitrogens with two attached hydrogens (primary N) is 1. The van der Waals surface area contributed by atoms with E-state index >= 15 is 0 Å². The molecular weight excluding hydrogens is 280 g/mol. The van der Waals surface area contributed by atoms with Crippen LogP contribution in [0.2, 0.25) is 0 Å². The van der Waals surface area contributed by atoms with Crippen LogP contribution in [0.1, 0.15) is 13.3 Å². The van der Waals surface area contributed by atoms with E-state index in [0.717, 1.165) is 6.42 Å². The van der Waals surface area contributed by atoms with Crippen LogP contribution in [-0.4, -0.2) is 31.0 Å². The molecule has 0 rings (SSSR count). The van der Waals surface area contributed by atoms with Crippen molar-refractivity contribution >= 4 is 39.9 Å². The average molecular weight is 297 g/mol. The fraction of sp³-hybridized carbons (Fsp3) is 0.556. The molecule has 0 aliphatic heterocycles. The molecule has 0 aromatic heterocycles. The monoisotopic (exact) mass is 296 g/mol. The van der Waals surface area contributed by atoms with Gasteiger partial charge in [0.1, 0.15) is 0 Å². The molecule has 0 aliphatic carbocycles. The molecule has 0 radical (unpaired) electrons. The molecule has 0 fully saturated rings. The number of aliphatic imine (C=N–C) groups is 1. The molecule has 0 saturated heterocycles. The first-order valence-electron chi connectivity index (χ1n) is 4.28. The van der Waals surface area contributed by atoms with Crippen LogP contribution in [0.4, 0.5) is 0 Å². The van der Waals surface area contributed by atoms with E-state index in [9.17, 15) is 4.79 Å². The predicted octanol–water partition coefficient (Wildman–Crippen LogP) is 1.75. The third kappa shape index (κ3) is 7.44. The third-order valence-electron chi connectivity index (χ3n) is 1.49. The van der Waals surface area contributed by atoms with E-state index < -0.39 is 0 Å². The Morgan fingerprint density at radius 3 is 2.60 bits per heavy atom. The number of carbonyl (C=O) groups excluding carboxylic acids is 1. The highest BCUT2D eigenvalue weighted by Crippen LogP contribution is 2.10. The minimum atomic E-state index is -0.303. The molecular formula is C9H17BrN2O2S. The summed E-state index contributed by atoms with van der Waals surface area (Å²) in [6.07, 6.45) is 2.63. The van der Waals surface area contributed by atoms with Crippen molar-refractivity contribution in [2.75, 3.05) is 19.9 Å². The van der Waals surface area contributed by atoms with Gasteiger partial charge in [-0.3, -0.25) is 4.99 Å². The lowest BCUT2D eigenvalue weighted by atomic mass is 10.2. The maximum atomic E-state index is 11.2. The van der Waals surface area contributed by atoms with Gasteiger partial charge in [0, 0.05) is 18.4 Å². The number of hydrogen-bond acceptors (Lipinski definition) is 4. The number of carbonyl (C=O) groups is 1. The normalized spacial score (nSPS) is 11.9. The van der Waals surface area contributed by atoms with Gasteiger partial charge in [-0.1, -0.05) is 24.8 Å². The molecule has 88 valence electrons. The fourth-order valence-electron chi connectivity index (χ4n) is 0.795. The van der Waals surface area contributed by atoms with Gasteiger partial charge in [-0.15, -0.1) is 17.0 Å². The second kappa shape index (κ2) is 10.0. The van der Waals surface area contributed by atoms with Gasteiger partial charge in [0.25, 0.3) is 0 Å². The number of allylic oxidation sites excluding steroid dienone is 1. The molecule has 6 heteroatoms. The number of methoxy groups -OCH3 is 1. The van der Waals surface area contributed by atoms with E-state index in [2.05, 4.69) is 9.73 Å². The Morgan fingerprint density at radius 1 is 1.60 bits per heavy atom. The zero-order valence-corrected chi connectivity index (χ0v) is 11.7. The second-order valence-electron chi connectivity index (χ2n) is 2.48. The Bertz CT molecular complexity index is 254. The van der Waals surface area contributed by atoms with E-state index in [1.807, 2.05) is 13.0 Å². The Balaban J connectivity index is 0. The van der Waals surface area contributed by atoms with E-state index in [1.54, 1.807) is 7.05 Å². The van der Waals surface area contributed by atoms with Gasteiger partial charge >= 0.3 is 5.97 Å². The summed E-state index contributed by atoms with van der Waals surface area (Å²) >= 11 is 1.33. The van der Waals surface area contributed by atoms with Crippen LogP contribution in [0.5, 0.6) is 0 Å². The maximum absolute atomic E-state index is 11.2. The van der Waals surface area contributed by atoms with Crippen molar-refractivity contribution in [3.8, 4) is 0 Å². The van der Waals surface area contributed by atoms with Crippen molar-refractivity contribution in [2.45, 2.75) is 13.3 Å². The number of hydrogen-bond donors (Lipinski definition) is 1. The van der Waals surface area contributed by atoms with Crippen molar-refractivity contribution in [3.63, 3.8) is 0 Å². The first-order chi connectivity index (χ1) is 6.65. The van der Waals surface area contributed by atoms with Crippen molar-refractivity contribution in [3.05, 3.63) is 11.6 Å². The topological polar surface area (TPSA) is 64.7 Å². The van der Waals surface area contributed by atoms with Gasteiger partial charge in [-0.2, -0.15) is 0 Å². The van der Waals surface area contributed by atoms with E-state index in [1.165, 1.54) is 18.9 Å². The highest BCUT2D eigenvalue weighted by Gasteiger charge is 2.09. The van der Waals surface area contributed by atoms with Crippen LogP contribution in [0.3, 0.4) is 0 Å². The Morgan fingerprint density at radius 2 is 2.20 bits per heavy atom. The molecule has 0 unspecified atom stereocenters. The molecule has 0 bridgehead atoms. The fourth-order valence-corrected chi connectivity index (χ4v) is 1.46. The molecule has 0 heterocycles. The van der Waals surface area contributed by atoms with Crippen molar-refractivity contribution in [2.24, 2.45) is 10.7 Å². The first-order valence-corrected chi connectivity index (χ1v) is 5.26. The molecule has 0 aromatic rings. The summed E-state index contributed by atoms with van der Waals surface area (Å²) < 4.78 is 4.63. The number of halogens is 1. The second-order valence-corrected chi connectivity index (χ2v) is 3.48. The smallest absolute Gasteiger partial charge is 0.334 e. The van der Waals surface area contributed by atoms with Gasteiger partial charge < -0.3 is 10.5 Å². The van der Waals surface area contributed by atoms with Crippen LogP contribution in [0, 0.1) is 0 Å². The summed E-state index contributed by atoms with van der Waals surface area (Å²) in [5.41, 5.74) is 6.12. The predicted molar refractivity (Wildman–Crippen MR) is 70.7 cm³/mol. The van der Waals surface area contributed by atoms with Gasteiger partial charge in [-0.05, 0) is 6.42 Å². The lowest BCUT2D eigenvalue weighted by Gasteiger charge is -2.04. The lowest BCUT2D eigenvalue weighted by molar-refractivity contribution is -0.136. The van der Waals surface area contributed by atoms with Gasteiger partial charge in [0.05, 0.1) is 7.11 Å². The van der Waals surface area contributed by atoms with Gasteiger partial charge in [0.2, 0.25) is 0 Å². The number of esters is 1. The molecule has 0 spiro atoms. The summed E-state index contributed by atoms with van der Waals surface area (Å²) in [7, 11) is 2.98. The molecule has 4 nitrogen and oxygen atoms in total. The molecule has 0 aliphatic rings. The Hall–Kier alpha value is -0.490. The zero-order chi connectivity index (χ0) is 11.0. The van der Waals surface area contributed by atoms with E-state index in [-0.39, 0.29) is 23.0 Å². The standard InChI is InChI=1S/C9H16N2O2S.BrH/c1-4-5-7(8(12)13-3)6-14-9(10)11-2;/h5H,4,6H2,1-3H3,(H2,10,11);1H/b7-5+;. The largest absolute Gasteiger partial charge is 0.466 e. The Kier molecular flexibility index (Phi) is 11.3. The summed E-state index contributed by atoms with van der Waals surface area (Å²) in [6.45, 7) is 1.96. The van der Waals surface area contributed by atoms with Gasteiger partial charge in [0.15, 0.2) is 5.17 Å². The summed E-state index contributed by atoms with van der Waals surface area (Å²) in [5.74, 6) is 0.201. The van der Waals surface area contributed by atoms with Crippen molar-refractivity contribution < 1.29 is 9.53 Å². The average Bonchev–Trinajstić information content (AvgIpc) is 2.22. The SMILES string of the molecule is Br.CC/C=C(\CSC(N)=NC)C(=O)OC. The number of thioether (sulfide) groups is 1. The molecule has 0 aromatic carbocycles. The van der Waals surface area contributed by atoms with E-state index in [0.29, 0.717) is 16.5 Å². The van der Waals surface area contributed by atoms with Crippen molar-refractivity contribution in [1.29, 1.82) is 0 Å². The van der Waals surface area contributed by atoms with Crippen molar-refractivity contribution in [1.82, 2.24) is 0 Å². The molecule has 2 N–H and O–H groups in total. The van der Waals surface area contributed by atoms with Crippen LogP contribution in [0.25, 0.3) is 0 Å². The van der Waals surface area contributed by atoms with Crippen LogP contribution in [-0.2, 0) is 9.53 Å². The van der Waals surface area contributed by atoms with Crippen LogP contribution < -0.4 is 5.73 Å². The highest BCUT2D eigenvalue weighted by molar-refractivity contribution is 8.93. The minimum Gasteiger partial charge on any atom is -0.466 e. The van der Waals surface area contributed by atoms with Crippen LogP contribution in [0.15, 0.2) is 16.6 Å². The maximum Gasteiger partial charge on any atom is 0.334 e. The highest BCUT2D eigenvalue weighted by atomic mass is 79.9. The summed E-state index contributed by atoms with van der Waals surface area (Å²) in [6, 6.07) is 0.